The fraction of sp³-hybridized carbons (Fsp3) is 0.278. The number of carbonyl (C=O) groups excluding carboxylic acids is 1. The third-order valence-corrected chi connectivity index (χ3v) is 3.30. The number of benzene rings is 2. The van der Waals surface area contributed by atoms with Gasteiger partial charge in [-0.2, -0.15) is 0 Å². The van der Waals surface area contributed by atoms with Gasteiger partial charge >= 0.3 is 5.97 Å². The molecular formula is C18H20O2. The van der Waals surface area contributed by atoms with Crippen LogP contribution in [0.1, 0.15) is 42.3 Å². The van der Waals surface area contributed by atoms with Gasteiger partial charge in [0.1, 0.15) is 5.75 Å². The van der Waals surface area contributed by atoms with Crippen LogP contribution < -0.4 is 4.74 Å². The number of carbonyl (C=O) groups is 1. The highest BCUT2D eigenvalue weighted by atomic mass is 16.5. The molecule has 0 radical (unpaired) electrons. The topological polar surface area (TPSA) is 26.3 Å². The van der Waals surface area contributed by atoms with E-state index >= 15 is 0 Å². The van der Waals surface area contributed by atoms with E-state index < -0.39 is 0 Å². The Balaban J connectivity index is 2.15. The van der Waals surface area contributed by atoms with E-state index in [1.54, 1.807) is 6.07 Å². The van der Waals surface area contributed by atoms with Crippen LogP contribution in [0.25, 0.3) is 0 Å². The third-order valence-electron chi connectivity index (χ3n) is 3.30. The third kappa shape index (κ3) is 3.27. The number of hydrogen-bond acceptors (Lipinski definition) is 2. The van der Waals surface area contributed by atoms with E-state index in [4.69, 9.17) is 4.74 Å². The van der Waals surface area contributed by atoms with E-state index in [0.29, 0.717) is 11.3 Å². The maximum Gasteiger partial charge on any atom is 0.343 e. The van der Waals surface area contributed by atoms with Crippen LogP contribution >= 0.6 is 0 Å². The monoisotopic (exact) mass is 268 g/mol. The lowest BCUT2D eigenvalue weighted by molar-refractivity contribution is 0.0734. The lowest BCUT2D eigenvalue weighted by atomic mass is 9.87. The van der Waals surface area contributed by atoms with E-state index in [2.05, 4.69) is 20.8 Å². The summed E-state index contributed by atoms with van der Waals surface area (Å²) in [4.78, 5) is 12.1. The highest BCUT2D eigenvalue weighted by Gasteiger charge is 2.14. The zero-order valence-electron chi connectivity index (χ0n) is 12.4. The van der Waals surface area contributed by atoms with Gasteiger partial charge in [0.2, 0.25) is 0 Å². The van der Waals surface area contributed by atoms with Gasteiger partial charge in [0, 0.05) is 0 Å². The van der Waals surface area contributed by atoms with E-state index in [1.165, 1.54) is 5.56 Å². The Morgan fingerprint density at radius 2 is 1.55 bits per heavy atom. The molecule has 0 saturated heterocycles. The van der Waals surface area contributed by atoms with Crippen molar-refractivity contribution in [1.29, 1.82) is 0 Å². The number of esters is 1. The minimum absolute atomic E-state index is 0.0958. The van der Waals surface area contributed by atoms with Crippen LogP contribution in [0, 0.1) is 6.92 Å². The summed E-state index contributed by atoms with van der Waals surface area (Å²) >= 11 is 0. The molecule has 0 bridgehead atoms. The smallest absolute Gasteiger partial charge is 0.343 e. The maximum atomic E-state index is 12.1. The normalized spacial score (nSPS) is 11.2. The lowest BCUT2D eigenvalue weighted by Crippen LogP contribution is -2.12. The molecule has 2 aromatic rings. The van der Waals surface area contributed by atoms with E-state index in [-0.39, 0.29) is 11.4 Å². The minimum atomic E-state index is -0.313. The first-order chi connectivity index (χ1) is 9.38. The second-order valence-electron chi connectivity index (χ2n) is 5.98. The maximum absolute atomic E-state index is 12.1. The largest absolute Gasteiger partial charge is 0.423 e. The second kappa shape index (κ2) is 5.49. The zero-order chi connectivity index (χ0) is 14.8. The standard InChI is InChI=1S/C18H20O2/c1-13-7-5-6-8-16(13)17(19)20-15-11-9-14(10-12-15)18(2,3)4/h5-12H,1-4H3. The van der Waals surface area contributed by atoms with Crippen LogP contribution in [0.5, 0.6) is 5.75 Å². The Morgan fingerprint density at radius 1 is 0.950 bits per heavy atom. The first kappa shape index (κ1) is 14.3. The van der Waals surface area contributed by atoms with E-state index in [9.17, 15) is 4.79 Å². The molecule has 0 aromatic heterocycles. The first-order valence-corrected chi connectivity index (χ1v) is 6.76. The molecule has 2 rings (SSSR count). The summed E-state index contributed by atoms with van der Waals surface area (Å²) in [6.07, 6.45) is 0. The molecule has 2 nitrogen and oxygen atoms in total. The quantitative estimate of drug-likeness (QED) is 0.591. The molecule has 0 aliphatic rings. The van der Waals surface area contributed by atoms with Crippen molar-refractivity contribution in [2.75, 3.05) is 0 Å². The summed E-state index contributed by atoms with van der Waals surface area (Å²) in [5, 5.41) is 0. The Hall–Kier alpha value is -2.09. The molecule has 0 aliphatic heterocycles. The van der Waals surface area contributed by atoms with Crippen molar-refractivity contribution in [1.82, 2.24) is 0 Å². The summed E-state index contributed by atoms with van der Waals surface area (Å²) in [5.41, 5.74) is 2.84. The predicted molar refractivity (Wildman–Crippen MR) is 81.3 cm³/mol. The Kier molecular flexibility index (Phi) is 3.93. The summed E-state index contributed by atoms with van der Waals surface area (Å²) in [6, 6.07) is 15.1. The number of ether oxygens (including phenoxy) is 1. The number of aryl methyl sites for hydroxylation is 1. The second-order valence-corrected chi connectivity index (χ2v) is 5.98. The van der Waals surface area contributed by atoms with Gasteiger partial charge in [-0.1, -0.05) is 51.1 Å². The van der Waals surface area contributed by atoms with Crippen LogP contribution in [0.4, 0.5) is 0 Å². The average molecular weight is 268 g/mol. The molecule has 0 fully saturated rings. The molecule has 2 heteroatoms. The van der Waals surface area contributed by atoms with Gasteiger partial charge in [-0.15, -0.1) is 0 Å². The Bertz CT molecular complexity index is 604. The van der Waals surface area contributed by atoms with Crippen molar-refractivity contribution in [2.24, 2.45) is 0 Å². The molecule has 0 N–H and O–H groups in total. The summed E-state index contributed by atoms with van der Waals surface area (Å²) in [5.74, 6) is 0.262. The van der Waals surface area contributed by atoms with Crippen molar-refractivity contribution < 1.29 is 9.53 Å². The van der Waals surface area contributed by atoms with Crippen molar-refractivity contribution >= 4 is 5.97 Å². The summed E-state index contributed by atoms with van der Waals surface area (Å²) < 4.78 is 5.41. The molecule has 0 aliphatic carbocycles. The number of rotatable bonds is 2. The molecule has 0 amide bonds. The highest BCUT2D eigenvalue weighted by molar-refractivity contribution is 5.92. The van der Waals surface area contributed by atoms with Gasteiger partial charge in [0.25, 0.3) is 0 Å². The Morgan fingerprint density at radius 3 is 2.10 bits per heavy atom. The Labute approximate surface area is 120 Å². The number of hydrogen-bond donors (Lipinski definition) is 0. The van der Waals surface area contributed by atoms with Crippen LogP contribution in [0.15, 0.2) is 48.5 Å². The molecular weight excluding hydrogens is 248 g/mol. The molecule has 0 saturated carbocycles. The van der Waals surface area contributed by atoms with Gasteiger partial charge in [-0.3, -0.25) is 0 Å². The van der Waals surface area contributed by atoms with Gasteiger partial charge in [0.15, 0.2) is 0 Å². The minimum Gasteiger partial charge on any atom is -0.423 e. The molecule has 2 aromatic carbocycles. The molecule has 0 atom stereocenters. The van der Waals surface area contributed by atoms with E-state index in [0.717, 1.165) is 5.56 Å². The summed E-state index contributed by atoms with van der Waals surface area (Å²) in [7, 11) is 0. The first-order valence-electron chi connectivity index (χ1n) is 6.76. The van der Waals surface area contributed by atoms with Crippen LogP contribution in [-0.4, -0.2) is 5.97 Å². The van der Waals surface area contributed by atoms with Gasteiger partial charge in [-0.25, -0.2) is 4.79 Å². The van der Waals surface area contributed by atoms with E-state index in [1.807, 2.05) is 49.4 Å². The van der Waals surface area contributed by atoms with Gasteiger partial charge in [-0.05, 0) is 41.7 Å². The van der Waals surface area contributed by atoms with Gasteiger partial charge < -0.3 is 4.74 Å². The molecule has 0 unspecified atom stereocenters. The SMILES string of the molecule is Cc1ccccc1C(=O)Oc1ccc(C(C)(C)C)cc1. The molecule has 20 heavy (non-hydrogen) atoms. The molecule has 104 valence electrons. The average Bonchev–Trinajstić information content (AvgIpc) is 2.38. The predicted octanol–water partition coefficient (Wildman–Crippen LogP) is 4.51. The van der Waals surface area contributed by atoms with Crippen molar-refractivity contribution in [3.8, 4) is 5.75 Å². The molecule has 0 spiro atoms. The molecule has 0 heterocycles. The fourth-order valence-electron chi connectivity index (χ4n) is 1.99. The highest BCUT2D eigenvalue weighted by Crippen LogP contribution is 2.24. The van der Waals surface area contributed by atoms with Gasteiger partial charge in [0.05, 0.1) is 5.56 Å². The van der Waals surface area contributed by atoms with Crippen LogP contribution in [-0.2, 0) is 5.41 Å². The zero-order valence-corrected chi connectivity index (χ0v) is 12.4. The van der Waals surface area contributed by atoms with Crippen molar-refractivity contribution in [2.45, 2.75) is 33.1 Å². The van der Waals surface area contributed by atoms with Crippen LogP contribution in [0.3, 0.4) is 0 Å². The van der Waals surface area contributed by atoms with Crippen LogP contribution in [0.2, 0.25) is 0 Å². The fourth-order valence-corrected chi connectivity index (χ4v) is 1.99. The lowest BCUT2D eigenvalue weighted by Gasteiger charge is -2.19. The van der Waals surface area contributed by atoms with Crippen molar-refractivity contribution in [3.05, 3.63) is 65.2 Å². The van der Waals surface area contributed by atoms with Crippen molar-refractivity contribution in [3.63, 3.8) is 0 Å². The summed E-state index contributed by atoms with van der Waals surface area (Å²) in [6.45, 7) is 8.36.